The smallest absolute Gasteiger partial charge is 0.227 e. The molecule has 20 heavy (non-hydrogen) atoms. The Morgan fingerprint density at radius 2 is 1.85 bits per heavy atom. The fraction of sp³-hybridized carbons (Fsp3) is 0.0625. The van der Waals surface area contributed by atoms with Gasteiger partial charge in [-0.15, -0.1) is 0 Å². The van der Waals surface area contributed by atoms with Crippen LogP contribution >= 0.6 is 11.6 Å². The maximum atomic E-state index is 9.35. The van der Waals surface area contributed by atoms with Crippen molar-refractivity contribution < 1.29 is 9.84 Å². The number of aliphatic hydroxyl groups excluding tert-OH is 1. The van der Waals surface area contributed by atoms with Crippen molar-refractivity contribution in [1.29, 1.82) is 0 Å². The molecule has 0 spiro atoms. The zero-order valence-electron chi connectivity index (χ0n) is 10.6. The third-order valence-corrected chi connectivity index (χ3v) is 3.26. The molecule has 1 N–H and O–H groups in total. The second-order valence-electron chi connectivity index (χ2n) is 4.35. The van der Waals surface area contributed by atoms with Gasteiger partial charge in [-0.3, -0.25) is 0 Å². The highest BCUT2D eigenvalue weighted by Gasteiger charge is 2.08. The van der Waals surface area contributed by atoms with E-state index in [9.17, 15) is 5.11 Å². The van der Waals surface area contributed by atoms with Crippen molar-refractivity contribution in [3.63, 3.8) is 0 Å². The number of pyridine rings is 1. The van der Waals surface area contributed by atoms with Crippen LogP contribution in [-0.4, -0.2) is 10.1 Å². The van der Waals surface area contributed by atoms with Crippen LogP contribution in [-0.2, 0) is 6.61 Å². The van der Waals surface area contributed by atoms with Crippen LogP contribution in [0.15, 0.2) is 54.7 Å². The van der Waals surface area contributed by atoms with E-state index in [1.54, 1.807) is 18.3 Å². The third-order valence-electron chi connectivity index (χ3n) is 3.02. The minimum atomic E-state index is -0.0506. The van der Waals surface area contributed by atoms with Gasteiger partial charge in [0.05, 0.1) is 6.61 Å². The van der Waals surface area contributed by atoms with E-state index in [2.05, 4.69) is 4.98 Å². The van der Waals surface area contributed by atoms with E-state index in [0.29, 0.717) is 16.7 Å². The van der Waals surface area contributed by atoms with E-state index in [1.165, 1.54) is 0 Å². The zero-order valence-corrected chi connectivity index (χ0v) is 11.3. The Bertz CT molecular complexity index is 758. The molecule has 1 heterocycles. The molecule has 0 amide bonds. The molecule has 0 aliphatic rings. The molecular weight excluding hydrogens is 274 g/mol. The number of nitrogens with zero attached hydrogens (tertiary/aromatic N) is 1. The Morgan fingerprint density at radius 3 is 2.60 bits per heavy atom. The highest BCUT2D eigenvalue weighted by atomic mass is 35.5. The largest absolute Gasteiger partial charge is 0.438 e. The first-order chi connectivity index (χ1) is 9.78. The van der Waals surface area contributed by atoms with Gasteiger partial charge in [0.2, 0.25) is 5.88 Å². The minimum Gasteiger partial charge on any atom is -0.438 e. The lowest BCUT2D eigenvalue weighted by molar-refractivity contribution is 0.283. The van der Waals surface area contributed by atoms with Crippen LogP contribution in [0.2, 0.25) is 5.02 Å². The third kappa shape index (κ3) is 2.46. The Labute approximate surface area is 121 Å². The van der Waals surface area contributed by atoms with Crippen molar-refractivity contribution in [1.82, 2.24) is 4.98 Å². The summed E-state index contributed by atoms with van der Waals surface area (Å²) in [6.45, 7) is -0.0506. The van der Waals surface area contributed by atoms with Crippen molar-refractivity contribution >= 4 is 22.4 Å². The molecule has 4 heteroatoms. The summed E-state index contributed by atoms with van der Waals surface area (Å²) in [5.74, 6) is 1.13. The molecule has 0 fully saturated rings. The molecule has 0 radical (unpaired) electrons. The van der Waals surface area contributed by atoms with Crippen LogP contribution < -0.4 is 4.74 Å². The molecule has 0 bridgehead atoms. The van der Waals surface area contributed by atoms with Crippen LogP contribution in [0.4, 0.5) is 0 Å². The van der Waals surface area contributed by atoms with Crippen molar-refractivity contribution in [2.75, 3.05) is 0 Å². The number of rotatable bonds is 3. The first-order valence-electron chi connectivity index (χ1n) is 6.19. The van der Waals surface area contributed by atoms with Crippen molar-refractivity contribution in [2.45, 2.75) is 6.61 Å². The summed E-state index contributed by atoms with van der Waals surface area (Å²) in [5.41, 5.74) is 0.777. The summed E-state index contributed by atoms with van der Waals surface area (Å²) in [5, 5.41) is 11.8. The lowest BCUT2D eigenvalue weighted by atomic mass is 10.1. The van der Waals surface area contributed by atoms with Crippen LogP contribution in [0.25, 0.3) is 10.8 Å². The predicted octanol–water partition coefficient (Wildman–Crippen LogP) is 4.17. The van der Waals surface area contributed by atoms with Gasteiger partial charge in [-0.2, -0.15) is 0 Å². The molecule has 0 unspecified atom stereocenters. The molecule has 0 saturated carbocycles. The molecule has 100 valence electrons. The van der Waals surface area contributed by atoms with Crippen LogP contribution in [0.5, 0.6) is 11.6 Å². The Balaban J connectivity index is 2.08. The van der Waals surface area contributed by atoms with E-state index < -0.39 is 0 Å². The van der Waals surface area contributed by atoms with Gasteiger partial charge < -0.3 is 9.84 Å². The summed E-state index contributed by atoms with van der Waals surface area (Å²) >= 11 is 5.94. The Morgan fingerprint density at radius 1 is 1.05 bits per heavy atom. The number of fused-ring (bicyclic) bond motifs is 1. The normalized spacial score (nSPS) is 10.7. The highest BCUT2D eigenvalue weighted by molar-refractivity contribution is 6.30. The maximum absolute atomic E-state index is 9.35. The molecule has 0 aliphatic carbocycles. The predicted molar refractivity (Wildman–Crippen MR) is 79.2 cm³/mol. The van der Waals surface area contributed by atoms with Gasteiger partial charge in [0.25, 0.3) is 0 Å². The molecule has 0 aliphatic heterocycles. The number of aromatic nitrogens is 1. The van der Waals surface area contributed by atoms with Crippen molar-refractivity contribution in [2.24, 2.45) is 0 Å². The van der Waals surface area contributed by atoms with Crippen LogP contribution in [0.1, 0.15) is 5.56 Å². The van der Waals surface area contributed by atoms with Gasteiger partial charge in [0.15, 0.2) is 0 Å². The molecule has 3 rings (SSSR count). The second-order valence-corrected chi connectivity index (χ2v) is 4.79. The van der Waals surface area contributed by atoms with Gasteiger partial charge in [0, 0.05) is 22.2 Å². The maximum Gasteiger partial charge on any atom is 0.227 e. The monoisotopic (exact) mass is 285 g/mol. The first-order valence-corrected chi connectivity index (χ1v) is 6.56. The molecule has 1 aromatic heterocycles. The van der Waals surface area contributed by atoms with Gasteiger partial charge in [0.1, 0.15) is 5.75 Å². The lowest BCUT2D eigenvalue weighted by Crippen LogP contribution is -1.93. The summed E-state index contributed by atoms with van der Waals surface area (Å²) in [6, 6.07) is 14.9. The number of ether oxygens (including phenoxy) is 1. The first kappa shape index (κ1) is 12.9. The number of halogens is 1. The van der Waals surface area contributed by atoms with E-state index >= 15 is 0 Å². The SMILES string of the molecule is OCc1cnc(Oc2cccc(Cl)c2)c2ccccc12. The highest BCUT2D eigenvalue weighted by Crippen LogP contribution is 2.30. The quantitative estimate of drug-likeness (QED) is 0.785. The molecular formula is C16H12ClNO2. The Kier molecular flexibility index (Phi) is 3.54. The zero-order chi connectivity index (χ0) is 13.9. The average molecular weight is 286 g/mol. The van der Waals surface area contributed by atoms with Crippen molar-refractivity contribution in [3.05, 3.63) is 65.3 Å². The number of benzene rings is 2. The topological polar surface area (TPSA) is 42.4 Å². The summed E-state index contributed by atoms with van der Waals surface area (Å²) in [4.78, 5) is 4.28. The summed E-state index contributed by atoms with van der Waals surface area (Å²) < 4.78 is 5.79. The minimum absolute atomic E-state index is 0.0506. The number of hydrogen-bond acceptors (Lipinski definition) is 3. The van der Waals surface area contributed by atoms with Crippen LogP contribution in [0, 0.1) is 0 Å². The molecule has 0 saturated heterocycles. The molecule has 2 aromatic carbocycles. The molecule has 3 aromatic rings. The second kappa shape index (κ2) is 5.49. The summed E-state index contributed by atoms with van der Waals surface area (Å²) in [7, 11) is 0. The van der Waals surface area contributed by atoms with Gasteiger partial charge in [-0.1, -0.05) is 35.9 Å². The lowest BCUT2D eigenvalue weighted by Gasteiger charge is -2.10. The Hall–Kier alpha value is -2.10. The molecule has 3 nitrogen and oxygen atoms in total. The molecule has 0 atom stereocenters. The van der Waals surface area contributed by atoms with E-state index in [4.69, 9.17) is 16.3 Å². The van der Waals surface area contributed by atoms with Gasteiger partial charge >= 0.3 is 0 Å². The van der Waals surface area contributed by atoms with E-state index in [0.717, 1.165) is 16.3 Å². The van der Waals surface area contributed by atoms with E-state index in [-0.39, 0.29) is 6.61 Å². The van der Waals surface area contributed by atoms with Crippen LogP contribution in [0.3, 0.4) is 0 Å². The van der Waals surface area contributed by atoms with Gasteiger partial charge in [-0.25, -0.2) is 4.98 Å². The summed E-state index contributed by atoms with van der Waals surface area (Å²) in [6.07, 6.45) is 1.63. The average Bonchev–Trinajstić information content (AvgIpc) is 2.48. The fourth-order valence-corrected chi connectivity index (χ4v) is 2.25. The standard InChI is InChI=1S/C16H12ClNO2/c17-12-4-3-5-13(8-12)20-16-15-7-2-1-6-14(15)11(10-19)9-18-16/h1-9,19H,10H2. The van der Waals surface area contributed by atoms with Crippen molar-refractivity contribution in [3.8, 4) is 11.6 Å². The number of hydrogen-bond donors (Lipinski definition) is 1. The van der Waals surface area contributed by atoms with E-state index in [1.807, 2.05) is 36.4 Å². The fourth-order valence-electron chi connectivity index (χ4n) is 2.07. The van der Waals surface area contributed by atoms with Gasteiger partial charge in [-0.05, 0) is 29.7 Å². The number of aliphatic hydroxyl groups is 1.